The Kier molecular flexibility index (Phi) is 7.84. The van der Waals surface area contributed by atoms with Gasteiger partial charge in [-0.2, -0.15) is 9.78 Å². The van der Waals surface area contributed by atoms with Crippen LogP contribution in [0.3, 0.4) is 0 Å². The third-order valence-electron chi connectivity index (χ3n) is 5.83. The predicted octanol–water partition coefficient (Wildman–Crippen LogP) is 5.01. The number of rotatable bonds is 8. The van der Waals surface area contributed by atoms with E-state index in [1.165, 1.54) is 36.6 Å². The maximum atomic E-state index is 13.3. The van der Waals surface area contributed by atoms with Gasteiger partial charge in [0, 0.05) is 28.6 Å². The van der Waals surface area contributed by atoms with Crippen LogP contribution in [0.1, 0.15) is 56.9 Å². The van der Waals surface area contributed by atoms with E-state index in [2.05, 4.69) is 15.4 Å². The number of ketones is 1. The first-order chi connectivity index (χ1) is 18.4. The van der Waals surface area contributed by atoms with Gasteiger partial charge in [0.25, 0.3) is 11.5 Å². The zero-order valence-electron chi connectivity index (χ0n) is 21.7. The number of Topliss-reactive ketones (excluding diaryl/α,β-unsaturated/α-hetero) is 1. The molecule has 0 bridgehead atoms. The summed E-state index contributed by atoms with van der Waals surface area (Å²) in [5, 5.41) is 17.7. The van der Waals surface area contributed by atoms with Gasteiger partial charge in [-0.15, -0.1) is 11.3 Å². The molecule has 10 nitrogen and oxygen atoms in total. The smallest absolute Gasteiger partial charge is 0.338 e. The fourth-order valence-corrected chi connectivity index (χ4v) is 4.96. The molecule has 12 heteroatoms. The molecule has 202 valence electrons. The molecule has 0 spiro atoms. The molecule has 2 N–H and O–H groups in total. The Morgan fingerprint density at radius 2 is 1.87 bits per heavy atom. The maximum Gasteiger partial charge on any atom is 0.338 e. The number of thiophene rings is 1. The molecule has 0 saturated carbocycles. The molecular weight excluding hydrogens is 542 g/mol. The average Bonchev–Trinajstić information content (AvgIpc) is 3.49. The topological polar surface area (TPSA) is 136 Å². The van der Waals surface area contributed by atoms with E-state index in [1.807, 2.05) is 6.07 Å². The maximum absolute atomic E-state index is 13.3. The van der Waals surface area contributed by atoms with E-state index in [1.54, 1.807) is 39.0 Å². The van der Waals surface area contributed by atoms with Crippen LogP contribution in [0, 0.1) is 12.3 Å². The van der Waals surface area contributed by atoms with Crippen molar-refractivity contribution in [2.24, 2.45) is 5.41 Å². The fraction of sp³-hybridized carbons (Fsp3) is 0.259. The Morgan fingerprint density at radius 1 is 1.13 bits per heavy atom. The lowest BCUT2D eigenvalue weighted by Crippen LogP contribution is -2.30. The summed E-state index contributed by atoms with van der Waals surface area (Å²) in [6.07, 6.45) is 1.45. The first-order valence-electron chi connectivity index (χ1n) is 11.9. The quantitative estimate of drug-likeness (QED) is 0.284. The van der Waals surface area contributed by atoms with Gasteiger partial charge in [0.2, 0.25) is 5.78 Å². The lowest BCUT2D eigenvalue weighted by molar-refractivity contribution is 0.0694. The molecular formula is C27H26ClN5O5S. The van der Waals surface area contributed by atoms with Crippen molar-refractivity contribution in [1.82, 2.24) is 19.3 Å². The second-order valence-electron chi connectivity index (χ2n) is 9.86. The summed E-state index contributed by atoms with van der Waals surface area (Å²) in [5.41, 5.74) is -1.33. The Bertz CT molecular complexity index is 1630. The van der Waals surface area contributed by atoms with Gasteiger partial charge in [0.1, 0.15) is 17.2 Å². The highest BCUT2D eigenvalue weighted by Gasteiger charge is 2.30. The van der Waals surface area contributed by atoms with Gasteiger partial charge in [0.15, 0.2) is 0 Å². The minimum absolute atomic E-state index is 0.0475. The standard InChI is InChI=1S/C27H26ClN5O5S/c1-15-11-22(35)32(14-19(34)17-7-5-6-10-29-17)24(23(15)25(36)37)18-12-21(30-13-16-8-9-20(28)39-16)33(31-18)26(38)27(2,3)4/h5-12,30H,13-14H2,1-4H3,(H,36,37). The highest BCUT2D eigenvalue weighted by Crippen LogP contribution is 2.30. The molecule has 39 heavy (non-hydrogen) atoms. The molecule has 4 heterocycles. The number of nitrogens with one attached hydrogen (secondary N) is 1. The summed E-state index contributed by atoms with van der Waals surface area (Å²) in [4.78, 5) is 56.8. The van der Waals surface area contributed by atoms with E-state index in [0.717, 1.165) is 20.2 Å². The van der Waals surface area contributed by atoms with Gasteiger partial charge in [-0.05, 0) is 36.8 Å². The van der Waals surface area contributed by atoms with Crippen LogP contribution in [-0.2, 0) is 13.1 Å². The Labute approximate surface area is 232 Å². The third-order valence-corrected chi connectivity index (χ3v) is 7.06. The Balaban J connectivity index is 1.89. The van der Waals surface area contributed by atoms with Gasteiger partial charge in [-0.25, -0.2) is 4.79 Å². The van der Waals surface area contributed by atoms with E-state index >= 15 is 0 Å². The number of carboxylic acid groups (broad SMARTS) is 1. The second-order valence-corrected chi connectivity index (χ2v) is 11.7. The minimum Gasteiger partial charge on any atom is -0.478 e. The number of nitrogens with zero attached hydrogens (tertiary/aromatic N) is 4. The first-order valence-corrected chi connectivity index (χ1v) is 13.1. The summed E-state index contributed by atoms with van der Waals surface area (Å²) < 4.78 is 2.83. The number of carboxylic acids is 1. The Hall–Kier alpha value is -4.09. The number of hydrogen-bond acceptors (Lipinski definition) is 8. The SMILES string of the molecule is Cc1cc(=O)n(CC(=O)c2ccccn2)c(-c2cc(NCc3ccc(Cl)s3)n(C(=O)C(C)(C)C)n2)c1C(=O)O. The van der Waals surface area contributed by atoms with Crippen LogP contribution in [0.15, 0.2) is 53.5 Å². The molecule has 0 aliphatic carbocycles. The summed E-state index contributed by atoms with van der Waals surface area (Å²) in [5.74, 6) is -1.86. The average molecular weight is 568 g/mol. The second kappa shape index (κ2) is 11.0. The number of anilines is 1. The van der Waals surface area contributed by atoms with Crippen molar-refractivity contribution in [3.63, 3.8) is 0 Å². The molecule has 0 aliphatic rings. The molecule has 4 rings (SSSR count). The van der Waals surface area contributed by atoms with Crippen molar-refractivity contribution in [2.45, 2.75) is 40.8 Å². The van der Waals surface area contributed by atoms with Crippen LogP contribution in [-0.4, -0.2) is 42.1 Å². The first kappa shape index (κ1) is 27.9. The van der Waals surface area contributed by atoms with E-state index in [-0.39, 0.29) is 34.1 Å². The molecule has 0 aliphatic heterocycles. The molecule has 0 atom stereocenters. The number of carbonyl (C=O) groups is 3. The highest BCUT2D eigenvalue weighted by molar-refractivity contribution is 7.16. The normalized spacial score (nSPS) is 11.4. The number of pyridine rings is 2. The van der Waals surface area contributed by atoms with Crippen LogP contribution in [0.4, 0.5) is 5.82 Å². The fourth-order valence-electron chi connectivity index (χ4n) is 3.93. The molecule has 0 radical (unpaired) electrons. The number of aromatic nitrogens is 4. The lowest BCUT2D eigenvalue weighted by atomic mass is 9.96. The van der Waals surface area contributed by atoms with Crippen LogP contribution >= 0.6 is 22.9 Å². The van der Waals surface area contributed by atoms with Gasteiger partial charge < -0.3 is 10.4 Å². The zero-order chi connectivity index (χ0) is 28.5. The number of halogens is 1. The largest absolute Gasteiger partial charge is 0.478 e. The molecule has 4 aromatic rings. The summed E-state index contributed by atoms with van der Waals surface area (Å²) >= 11 is 7.42. The van der Waals surface area contributed by atoms with Crippen LogP contribution in [0.5, 0.6) is 0 Å². The van der Waals surface area contributed by atoms with E-state index in [9.17, 15) is 24.3 Å². The molecule has 0 saturated heterocycles. The van der Waals surface area contributed by atoms with Crippen molar-refractivity contribution in [3.05, 3.63) is 85.0 Å². The van der Waals surface area contributed by atoms with Crippen LogP contribution in [0.25, 0.3) is 11.4 Å². The number of aryl methyl sites for hydroxylation is 1. The van der Waals surface area contributed by atoms with Crippen molar-refractivity contribution in [1.29, 1.82) is 0 Å². The number of aromatic carboxylic acids is 1. The van der Waals surface area contributed by atoms with E-state index < -0.39 is 29.3 Å². The van der Waals surface area contributed by atoms with Gasteiger partial charge in [0.05, 0.1) is 28.7 Å². The van der Waals surface area contributed by atoms with Gasteiger partial charge in [-0.3, -0.25) is 23.9 Å². The summed E-state index contributed by atoms with van der Waals surface area (Å²) in [6, 6.07) is 11.1. The monoisotopic (exact) mass is 567 g/mol. The van der Waals surface area contributed by atoms with Gasteiger partial charge in [-0.1, -0.05) is 38.4 Å². The molecule has 4 aromatic heterocycles. The number of hydrogen-bond donors (Lipinski definition) is 2. The molecule has 0 unspecified atom stereocenters. The van der Waals surface area contributed by atoms with E-state index in [4.69, 9.17) is 11.6 Å². The third kappa shape index (κ3) is 5.99. The molecule has 0 aromatic carbocycles. The van der Waals surface area contributed by atoms with E-state index in [0.29, 0.717) is 16.7 Å². The predicted molar refractivity (Wildman–Crippen MR) is 149 cm³/mol. The summed E-state index contributed by atoms with van der Waals surface area (Å²) in [7, 11) is 0. The van der Waals surface area contributed by atoms with Crippen molar-refractivity contribution >= 4 is 46.4 Å². The molecule has 0 fully saturated rings. The highest BCUT2D eigenvalue weighted by atomic mass is 35.5. The van der Waals surface area contributed by atoms with Crippen LogP contribution in [0.2, 0.25) is 4.34 Å². The molecule has 0 amide bonds. The van der Waals surface area contributed by atoms with Crippen LogP contribution < -0.4 is 10.9 Å². The van der Waals surface area contributed by atoms with Crippen molar-refractivity contribution in [3.8, 4) is 11.4 Å². The zero-order valence-corrected chi connectivity index (χ0v) is 23.3. The lowest BCUT2D eigenvalue weighted by Gasteiger charge is -2.18. The minimum atomic E-state index is -1.30. The Morgan fingerprint density at radius 3 is 2.46 bits per heavy atom. The number of carbonyl (C=O) groups excluding carboxylic acids is 2. The van der Waals surface area contributed by atoms with Crippen molar-refractivity contribution in [2.75, 3.05) is 5.32 Å². The van der Waals surface area contributed by atoms with Gasteiger partial charge >= 0.3 is 5.97 Å². The summed E-state index contributed by atoms with van der Waals surface area (Å²) in [6.45, 7) is 6.55. The van der Waals surface area contributed by atoms with Crippen molar-refractivity contribution < 1.29 is 19.5 Å².